The molecule has 1 nitrogen and oxygen atoms in total. The normalized spacial score (nSPS) is 12.9. The second kappa shape index (κ2) is 18.3. The van der Waals surface area contributed by atoms with Crippen molar-refractivity contribution in [3.05, 3.63) is 0 Å². The van der Waals surface area contributed by atoms with Crippen molar-refractivity contribution in [1.29, 1.82) is 0 Å². The van der Waals surface area contributed by atoms with Crippen molar-refractivity contribution in [2.45, 2.75) is 129 Å². The molecule has 1 unspecified atom stereocenters. The van der Waals surface area contributed by atoms with Crippen LogP contribution in [0.1, 0.15) is 123 Å². The van der Waals surface area contributed by atoms with E-state index < -0.39 is 0 Å². The summed E-state index contributed by atoms with van der Waals surface area (Å²) in [5.74, 6) is 0. The van der Waals surface area contributed by atoms with Gasteiger partial charge in [0, 0.05) is 6.04 Å². The molecule has 140 valence electrons. The second-order valence-electron chi connectivity index (χ2n) is 7.79. The summed E-state index contributed by atoms with van der Waals surface area (Å²) in [6.07, 6.45) is 24.4. The van der Waals surface area contributed by atoms with Crippen LogP contribution in [0.3, 0.4) is 0 Å². The number of rotatable bonds is 18. The average molecular weight is 326 g/mol. The van der Waals surface area contributed by atoms with Crippen LogP contribution in [0.4, 0.5) is 0 Å². The Morgan fingerprint density at radius 1 is 0.478 bits per heavy atom. The molecule has 0 heterocycles. The zero-order valence-corrected chi connectivity index (χ0v) is 17.0. The molecule has 0 aromatic rings. The van der Waals surface area contributed by atoms with E-state index >= 15 is 0 Å². The highest BCUT2D eigenvalue weighted by Gasteiger charge is 2.10. The van der Waals surface area contributed by atoms with Gasteiger partial charge in [0.2, 0.25) is 0 Å². The van der Waals surface area contributed by atoms with Crippen LogP contribution < -0.4 is 0 Å². The first-order valence-corrected chi connectivity index (χ1v) is 10.9. The van der Waals surface area contributed by atoms with Gasteiger partial charge in [0.25, 0.3) is 0 Å². The summed E-state index contributed by atoms with van der Waals surface area (Å²) >= 11 is 0. The zero-order valence-electron chi connectivity index (χ0n) is 17.0. The highest BCUT2D eigenvalue weighted by atomic mass is 15.1. The fraction of sp³-hybridized carbons (Fsp3) is 1.00. The van der Waals surface area contributed by atoms with E-state index in [0.717, 1.165) is 6.04 Å². The summed E-state index contributed by atoms with van der Waals surface area (Å²) in [7, 11) is 4.55. The molecule has 1 atom stereocenters. The second-order valence-corrected chi connectivity index (χ2v) is 7.79. The van der Waals surface area contributed by atoms with Gasteiger partial charge in [-0.15, -0.1) is 0 Å². The van der Waals surface area contributed by atoms with Gasteiger partial charge < -0.3 is 4.90 Å². The van der Waals surface area contributed by atoms with Gasteiger partial charge in [0.1, 0.15) is 0 Å². The molecule has 0 aromatic heterocycles. The third-order valence-corrected chi connectivity index (χ3v) is 5.26. The van der Waals surface area contributed by atoms with Gasteiger partial charge in [-0.2, -0.15) is 0 Å². The van der Waals surface area contributed by atoms with Crippen molar-refractivity contribution in [1.82, 2.24) is 4.90 Å². The zero-order chi connectivity index (χ0) is 17.2. The maximum absolute atomic E-state index is 2.47. The number of unbranched alkanes of at least 4 members (excludes halogenated alkanes) is 13. The standard InChI is InChI=1S/C22H47N/c1-5-7-9-11-13-14-15-17-19-21-22(23(3)4)20-18-16-12-10-8-6-2/h22H,5-21H2,1-4H3. The van der Waals surface area contributed by atoms with E-state index in [4.69, 9.17) is 0 Å². The molecule has 0 bridgehead atoms. The van der Waals surface area contributed by atoms with Crippen LogP contribution in [0.15, 0.2) is 0 Å². The number of hydrogen-bond donors (Lipinski definition) is 0. The van der Waals surface area contributed by atoms with Crippen LogP contribution in [0.25, 0.3) is 0 Å². The maximum atomic E-state index is 2.47. The summed E-state index contributed by atoms with van der Waals surface area (Å²) < 4.78 is 0. The molecule has 0 radical (unpaired) electrons. The first-order chi connectivity index (χ1) is 11.2. The van der Waals surface area contributed by atoms with Gasteiger partial charge in [-0.1, -0.05) is 110 Å². The first kappa shape index (κ1) is 23.0. The van der Waals surface area contributed by atoms with Gasteiger partial charge in [-0.3, -0.25) is 0 Å². The van der Waals surface area contributed by atoms with Crippen molar-refractivity contribution in [2.24, 2.45) is 0 Å². The molecule has 0 aromatic carbocycles. The van der Waals surface area contributed by atoms with Gasteiger partial charge in [0.15, 0.2) is 0 Å². The molecule has 23 heavy (non-hydrogen) atoms. The third kappa shape index (κ3) is 16.6. The molecule has 0 N–H and O–H groups in total. The number of hydrogen-bond acceptors (Lipinski definition) is 1. The fourth-order valence-corrected chi connectivity index (χ4v) is 3.51. The monoisotopic (exact) mass is 325 g/mol. The first-order valence-electron chi connectivity index (χ1n) is 10.9. The lowest BCUT2D eigenvalue weighted by molar-refractivity contribution is 0.251. The van der Waals surface area contributed by atoms with Gasteiger partial charge in [0.05, 0.1) is 0 Å². The molecule has 0 saturated carbocycles. The Morgan fingerprint density at radius 3 is 1.09 bits per heavy atom. The average Bonchev–Trinajstić information content (AvgIpc) is 2.54. The van der Waals surface area contributed by atoms with Gasteiger partial charge in [-0.05, 0) is 26.9 Å². The highest BCUT2D eigenvalue weighted by Crippen LogP contribution is 2.17. The van der Waals surface area contributed by atoms with Crippen LogP contribution in [0.5, 0.6) is 0 Å². The van der Waals surface area contributed by atoms with E-state index in [-0.39, 0.29) is 0 Å². The molecule has 0 aliphatic carbocycles. The smallest absolute Gasteiger partial charge is 0.00891 e. The van der Waals surface area contributed by atoms with Crippen LogP contribution in [-0.2, 0) is 0 Å². The van der Waals surface area contributed by atoms with E-state index in [1.165, 1.54) is 109 Å². The Bertz CT molecular complexity index is 212. The van der Waals surface area contributed by atoms with Crippen LogP contribution in [-0.4, -0.2) is 25.0 Å². The molecule has 0 aliphatic rings. The van der Waals surface area contributed by atoms with Crippen LogP contribution >= 0.6 is 0 Å². The van der Waals surface area contributed by atoms with Crippen LogP contribution in [0, 0.1) is 0 Å². The topological polar surface area (TPSA) is 3.24 Å². The highest BCUT2D eigenvalue weighted by molar-refractivity contribution is 4.66. The van der Waals surface area contributed by atoms with E-state index in [2.05, 4.69) is 32.8 Å². The summed E-state index contributed by atoms with van der Waals surface area (Å²) in [6, 6.07) is 0.825. The molecule has 0 rings (SSSR count). The van der Waals surface area contributed by atoms with Crippen LogP contribution in [0.2, 0.25) is 0 Å². The Labute approximate surface area is 148 Å². The molecule has 1 heteroatoms. The Hall–Kier alpha value is -0.0400. The van der Waals surface area contributed by atoms with Gasteiger partial charge >= 0.3 is 0 Å². The minimum Gasteiger partial charge on any atom is -0.306 e. The minimum atomic E-state index is 0.825. The number of nitrogens with zero attached hydrogens (tertiary/aromatic N) is 1. The summed E-state index contributed by atoms with van der Waals surface area (Å²) in [6.45, 7) is 4.60. The molecule has 0 fully saturated rings. The van der Waals surface area contributed by atoms with E-state index in [9.17, 15) is 0 Å². The quantitative estimate of drug-likeness (QED) is 0.235. The Balaban J connectivity index is 3.46. The lowest BCUT2D eigenvalue weighted by atomic mass is 9.99. The van der Waals surface area contributed by atoms with E-state index in [1.54, 1.807) is 0 Å². The van der Waals surface area contributed by atoms with Gasteiger partial charge in [-0.25, -0.2) is 0 Å². The van der Waals surface area contributed by atoms with E-state index in [1.807, 2.05) is 0 Å². The lowest BCUT2D eigenvalue weighted by Gasteiger charge is -2.24. The van der Waals surface area contributed by atoms with Crippen molar-refractivity contribution < 1.29 is 0 Å². The largest absolute Gasteiger partial charge is 0.306 e. The Kier molecular flexibility index (Phi) is 18.3. The summed E-state index contributed by atoms with van der Waals surface area (Å²) in [5, 5.41) is 0. The molecular formula is C22H47N. The third-order valence-electron chi connectivity index (χ3n) is 5.26. The SMILES string of the molecule is CCCCCCCCCCCC(CCCCCCCC)N(C)C. The van der Waals surface area contributed by atoms with Crippen molar-refractivity contribution >= 4 is 0 Å². The minimum absolute atomic E-state index is 0.825. The molecule has 0 amide bonds. The molecule has 0 saturated heterocycles. The lowest BCUT2D eigenvalue weighted by Crippen LogP contribution is -2.27. The summed E-state index contributed by atoms with van der Waals surface area (Å²) in [4.78, 5) is 2.47. The molecular weight excluding hydrogens is 278 g/mol. The fourth-order valence-electron chi connectivity index (χ4n) is 3.51. The molecule has 0 spiro atoms. The predicted octanol–water partition coefficient (Wildman–Crippen LogP) is 7.59. The van der Waals surface area contributed by atoms with E-state index in [0.29, 0.717) is 0 Å². The van der Waals surface area contributed by atoms with Crippen molar-refractivity contribution in [3.8, 4) is 0 Å². The van der Waals surface area contributed by atoms with Crippen molar-refractivity contribution in [3.63, 3.8) is 0 Å². The van der Waals surface area contributed by atoms with Crippen molar-refractivity contribution in [2.75, 3.05) is 14.1 Å². The predicted molar refractivity (Wildman–Crippen MR) is 107 cm³/mol. The summed E-state index contributed by atoms with van der Waals surface area (Å²) in [5.41, 5.74) is 0. The molecule has 0 aliphatic heterocycles. The maximum Gasteiger partial charge on any atom is 0.00891 e. The Morgan fingerprint density at radius 2 is 0.783 bits per heavy atom.